The van der Waals surface area contributed by atoms with E-state index in [1.807, 2.05) is 42.6 Å². The molecule has 1 fully saturated rings. The summed E-state index contributed by atoms with van der Waals surface area (Å²) >= 11 is 1.58. The summed E-state index contributed by atoms with van der Waals surface area (Å²) in [6.07, 6.45) is 4.32. The van der Waals surface area contributed by atoms with E-state index >= 15 is 0 Å². The van der Waals surface area contributed by atoms with Crippen LogP contribution in [0.4, 0.5) is 0 Å². The summed E-state index contributed by atoms with van der Waals surface area (Å²) in [6, 6.07) is 11.6. The first-order valence-electron chi connectivity index (χ1n) is 12.3. The van der Waals surface area contributed by atoms with E-state index < -0.39 is 5.60 Å². The molecule has 1 aliphatic rings. The van der Waals surface area contributed by atoms with Crippen LogP contribution in [-0.2, 0) is 28.1 Å². The van der Waals surface area contributed by atoms with Crippen molar-refractivity contribution < 1.29 is 23.4 Å². The predicted molar refractivity (Wildman–Crippen MR) is 139 cm³/mol. The molecule has 4 aromatic heterocycles. The molecule has 9 nitrogen and oxygen atoms in total. The number of aromatic nitrogens is 4. The minimum Gasteiger partial charge on any atom is -0.496 e. The van der Waals surface area contributed by atoms with Gasteiger partial charge in [0, 0.05) is 45.3 Å². The fraction of sp³-hybridized carbons (Fsp3) is 0.370. The Kier molecular flexibility index (Phi) is 6.31. The van der Waals surface area contributed by atoms with Gasteiger partial charge in [-0.05, 0) is 24.6 Å². The molecule has 0 radical (unpaired) electrons. The number of rotatable bonds is 8. The van der Waals surface area contributed by atoms with Gasteiger partial charge in [0.15, 0.2) is 5.76 Å². The second-order valence-electron chi connectivity index (χ2n) is 8.96. The number of methoxy groups -OCH3 is 2. The van der Waals surface area contributed by atoms with Gasteiger partial charge in [-0.1, -0.05) is 24.3 Å². The third kappa shape index (κ3) is 4.45. The van der Waals surface area contributed by atoms with Crippen LogP contribution < -0.4 is 9.47 Å². The molecule has 5 aromatic rings. The largest absolute Gasteiger partial charge is 0.496 e. The molecule has 0 N–H and O–H groups in total. The second kappa shape index (κ2) is 9.77. The van der Waals surface area contributed by atoms with Crippen molar-refractivity contribution in [2.24, 2.45) is 0 Å². The molecule has 0 spiro atoms. The summed E-state index contributed by atoms with van der Waals surface area (Å²) in [5.41, 5.74) is 2.66. The maximum Gasteiger partial charge on any atom is 0.212 e. The van der Waals surface area contributed by atoms with Crippen LogP contribution in [0.3, 0.4) is 0 Å². The molecule has 0 atom stereocenters. The van der Waals surface area contributed by atoms with Crippen molar-refractivity contribution >= 4 is 27.3 Å². The first-order valence-corrected chi connectivity index (χ1v) is 13.1. The normalized spacial score (nSPS) is 15.4. The number of hydrogen-bond donors (Lipinski definition) is 0. The lowest BCUT2D eigenvalue weighted by Gasteiger charge is -2.35. The van der Waals surface area contributed by atoms with Crippen molar-refractivity contribution in [3.63, 3.8) is 0 Å². The van der Waals surface area contributed by atoms with Crippen LogP contribution in [0, 0.1) is 0 Å². The van der Waals surface area contributed by atoms with Crippen LogP contribution in [-0.4, -0.2) is 47.0 Å². The summed E-state index contributed by atoms with van der Waals surface area (Å²) in [5, 5.41) is 6.44. The molecule has 6 rings (SSSR count). The molecular formula is C27H28N4O5S. The number of nitrogens with zero attached hydrogens (tertiary/aromatic N) is 4. The molecule has 10 heteroatoms. The van der Waals surface area contributed by atoms with Crippen molar-refractivity contribution in [1.82, 2.24) is 19.6 Å². The van der Waals surface area contributed by atoms with Crippen LogP contribution in [0.1, 0.15) is 36.2 Å². The van der Waals surface area contributed by atoms with Crippen LogP contribution in [0.2, 0.25) is 0 Å². The first-order chi connectivity index (χ1) is 18.1. The highest BCUT2D eigenvalue weighted by Gasteiger charge is 2.36. The van der Waals surface area contributed by atoms with Gasteiger partial charge in [-0.2, -0.15) is 5.10 Å². The number of benzene rings is 1. The number of furan rings is 1. The van der Waals surface area contributed by atoms with Gasteiger partial charge in [0.2, 0.25) is 4.96 Å². The van der Waals surface area contributed by atoms with E-state index in [9.17, 15) is 0 Å². The number of imidazole rings is 1. The topological polar surface area (TPSA) is 93.1 Å². The molecule has 0 bridgehead atoms. The van der Waals surface area contributed by atoms with Crippen molar-refractivity contribution in [1.29, 1.82) is 0 Å². The summed E-state index contributed by atoms with van der Waals surface area (Å²) in [7, 11) is 3.36. The van der Waals surface area contributed by atoms with Crippen LogP contribution in [0.15, 0.2) is 47.0 Å². The predicted octanol–water partition coefficient (Wildman–Crippen LogP) is 5.40. The average molecular weight is 521 g/mol. The molecule has 1 saturated heterocycles. The summed E-state index contributed by atoms with van der Waals surface area (Å²) in [5.74, 6) is 1.94. The third-order valence-electron chi connectivity index (χ3n) is 6.79. The van der Waals surface area contributed by atoms with Crippen LogP contribution in [0.5, 0.6) is 11.5 Å². The number of pyridine rings is 1. The van der Waals surface area contributed by atoms with Gasteiger partial charge in [0.1, 0.15) is 40.0 Å². The maximum absolute atomic E-state index is 6.28. The zero-order chi connectivity index (χ0) is 25.4. The molecule has 0 saturated carbocycles. The van der Waals surface area contributed by atoms with Gasteiger partial charge in [0.05, 0.1) is 30.1 Å². The maximum atomic E-state index is 6.28. The van der Waals surface area contributed by atoms with Gasteiger partial charge < -0.3 is 23.4 Å². The fourth-order valence-electron chi connectivity index (χ4n) is 4.68. The average Bonchev–Trinajstić information content (AvgIpc) is 3.65. The van der Waals surface area contributed by atoms with Crippen LogP contribution in [0.25, 0.3) is 27.4 Å². The van der Waals surface area contributed by atoms with Gasteiger partial charge in [-0.25, -0.2) is 9.50 Å². The van der Waals surface area contributed by atoms with Gasteiger partial charge in [-0.3, -0.25) is 4.98 Å². The van der Waals surface area contributed by atoms with E-state index in [2.05, 4.69) is 12.0 Å². The van der Waals surface area contributed by atoms with E-state index in [-0.39, 0.29) is 6.61 Å². The third-order valence-corrected chi connectivity index (χ3v) is 7.86. The quantitative estimate of drug-likeness (QED) is 0.268. The molecule has 0 unspecified atom stereocenters. The highest BCUT2D eigenvalue weighted by molar-refractivity contribution is 7.16. The highest BCUT2D eigenvalue weighted by Crippen LogP contribution is 2.38. The smallest absolute Gasteiger partial charge is 0.212 e. The Balaban J connectivity index is 1.29. The Labute approximate surface area is 218 Å². The van der Waals surface area contributed by atoms with Gasteiger partial charge >= 0.3 is 0 Å². The molecule has 1 aromatic carbocycles. The van der Waals surface area contributed by atoms with E-state index in [0.717, 1.165) is 51.7 Å². The summed E-state index contributed by atoms with van der Waals surface area (Å²) in [6.45, 7) is 3.69. The van der Waals surface area contributed by atoms with Crippen molar-refractivity contribution in [3.8, 4) is 23.0 Å². The number of aryl methyl sites for hydroxylation is 1. The highest BCUT2D eigenvalue weighted by atomic mass is 32.1. The molecule has 192 valence electrons. The Morgan fingerprint density at radius 1 is 1.11 bits per heavy atom. The second-order valence-corrected chi connectivity index (χ2v) is 10.0. The van der Waals surface area contributed by atoms with Crippen molar-refractivity contribution in [3.05, 3.63) is 59.0 Å². The van der Waals surface area contributed by atoms with Gasteiger partial charge in [-0.15, -0.1) is 0 Å². The Morgan fingerprint density at radius 3 is 2.73 bits per heavy atom. The SMILES string of the molecule is CCc1nn2cc(-c3cc4c(OCc5cccc(C6(OC)CCOCC6)n5)cc(OC)cc4o3)nc2s1. The molecule has 0 amide bonds. The van der Waals surface area contributed by atoms with E-state index in [1.165, 1.54) is 0 Å². The fourth-order valence-corrected chi connectivity index (χ4v) is 5.50. The molecular weight excluding hydrogens is 492 g/mol. The number of hydrogen-bond acceptors (Lipinski definition) is 9. The monoisotopic (exact) mass is 520 g/mol. The van der Waals surface area contributed by atoms with E-state index in [4.69, 9.17) is 33.3 Å². The Morgan fingerprint density at radius 2 is 1.97 bits per heavy atom. The number of fused-ring (bicyclic) bond motifs is 2. The minimum atomic E-state index is -0.429. The zero-order valence-corrected chi connectivity index (χ0v) is 21.8. The Bertz CT molecular complexity index is 1520. The van der Waals surface area contributed by atoms with Gasteiger partial charge in [0.25, 0.3) is 0 Å². The standard InChI is InChI=1S/C27H28N4O5S/c1-4-25-30-31-15-20(29-26(31)37-25)23-14-19-21(12-18(32-2)13-22(19)36-23)35-16-17-6-5-7-24(28-17)27(33-3)8-10-34-11-9-27/h5-7,12-15H,4,8-11,16H2,1-3H3. The Hall–Kier alpha value is -3.47. The zero-order valence-electron chi connectivity index (χ0n) is 21.0. The molecule has 37 heavy (non-hydrogen) atoms. The lowest BCUT2D eigenvalue weighted by Crippen LogP contribution is -2.36. The van der Waals surface area contributed by atoms with Crippen LogP contribution >= 0.6 is 11.3 Å². The lowest BCUT2D eigenvalue weighted by atomic mass is 9.90. The van der Waals surface area contributed by atoms with Crippen molar-refractivity contribution in [2.75, 3.05) is 27.4 Å². The van der Waals surface area contributed by atoms with Crippen molar-refractivity contribution in [2.45, 2.75) is 38.4 Å². The van der Waals surface area contributed by atoms with E-state index in [1.54, 1.807) is 30.1 Å². The molecule has 5 heterocycles. The first kappa shape index (κ1) is 23.9. The molecule has 1 aliphatic heterocycles. The van der Waals surface area contributed by atoms with E-state index in [0.29, 0.717) is 36.1 Å². The summed E-state index contributed by atoms with van der Waals surface area (Å²) < 4.78 is 31.2. The lowest BCUT2D eigenvalue weighted by molar-refractivity contribution is -0.0974. The minimum absolute atomic E-state index is 0.289. The summed E-state index contributed by atoms with van der Waals surface area (Å²) in [4.78, 5) is 10.4. The number of ether oxygens (including phenoxy) is 4. The molecule has 0 aliphatic carbocycles.